The topological polar surface area (TPSA) is 37.3 Å². The highest BCUT2D eigenvalue weighted by molar-refractivity contribution is 5.75. The Bertz CT molecular complexity index is 415. The van der Waals surface area contributed by atoms with Gasteiger partial charge in [0.25, 0.3) is 0 Å². The van der Waals surface area contributed by atoms with E-state index in [-0.39, 0.29) is 11.8 Å². The highest BCUT2D eigenvalue weighted by Gasteiger charge is 2.44. The molecule has 1 aliphatic rings. The van der Waals surface area contributed by atoms with Crippen LogP contribution in [0.4, 0.5) is 0 Å². The van der Waals surface area contributed by atoms with E-state index in [1.807, 2.05) is 24.3 Å². The largest absolute Gasteiger partial charge is 0.481 e. The average Bonchev–Trinajstić information content (AvgIpc) is 2.97. The Morgan fingerprint density at radius 3 is 2.79 bits per heavy atom. The first kappa shape index (κ1) is 8.83. The van der Waals surface area contributed by atoms with Crippen LogP contribution in [0.5, 0.6) is 0 Å². The molecule has 1 aromatic carbocycles. The summed E-state index contributed by atoms with van der Waals surface area (Å²) >= 11 is 0. The summed E-state index contributed by atoms with van der Waals surface area (Å²) in [6.45, 7) is 0. The van der Waals surface area contributed by atoms with Gasteiger partial charge in [-0.2, -0.15) is 0 Å². The highest BCUT2D eigenvalue weighted by atomic mass is 16.4. The van der Waals surface area contributed by atoms with Gasteiger partial charge < -0.3 is 5.11 Å². The lowest BCUT2D eigenvalue weighted by Crippen LogP contribution is -1.99. The standard InChI is InChI=1S/C12H10O2/c1-2-8-5-3-4-6-9(8)10-7-11(10)12(13)14/h1,3-6,10-11H,7H2,(H,13,14). The van der Waals surface area contributed by atoms with Gasteiger partial charge in [-0.1, -0.05) is 24.1 Å². The van der Waals surface area contributed by atoms with Crippen LogP contribution in [0.15, 0.2) is 24.3 Å². The van der Waals surface area contributed by atoms with E-state index in [1.54, 1.807) is 0 Å². The van der Waals surface area contributed by atoms with Crippen molar-refractivity contribution in [2.75, 3.05) is 0 Å². The predicted molar refractivity (Wildman–Crippen MR) is 52.9 cm³/mol. The number of carboxylic acids is 1. The van der Waals surface area contributed by atoms with Gasteiger partial charge in [-0.3, -0.25) is 4.79 Å². The second-order valence-electron chi connectivity index (χ2n) is 3.52. The molecule has 0 amide bonds. The predicted octanol–water partition coefficient (Wildman–Crippen LogP) is 1.86. The van der Waals surface area contributed by atoms with Crippen molar-refractivity contribution < 1.29 is 9.90 Å². The van der Waals surface area contributed by atoms with Gasteiger partial charge in [-0.15, -0.1) is 6.42 Å². The lowest BCUT2D eigenvalue weighted by atomic mass is 10.0. The molecule has 0 spiro atoms. The van der Waals surface area contributed by atoms with Crippen molar-refractivity contribution in [2.45, 2.75) is 12.3 Å². The average molecular weight is 186 g/mol. The molecule has 1 N–H and O–H groups in total. The minimum Gasteiger partial charge on any atom is -0.481 e. The Labute approximate surface area is 82.6 Å². The van der Waals surface area contributed by atoms with Crippen LogP contribution in [0.2, 0.25) is 0 Å². The van der Waals surface area contributed by atoms with Crippen molar-refractivity contribution >= 4 is 5.97 Å². The van der Waals surface area contributed by atoms with E-state index in [9.17, 15) is 4.79 Å². The van der Waals surface area contributed by atoms with Crippen LogP contribution in [0, 0.1) is 18.3 Å². The molecular formula is C12H10O2. The first-order valence-corrected chi connectivity index (χ1v) is 4.52. The second-order valence-corrected chi connectivity index (χ2v) is 3.52. The molecule has 70 valence electrons. The van der Waals surface area contributed by atoms with E-state index in [2.05, 4.69) is 5.92 Å². The maximum absolute atomic E-state index is 10.7. The summed E-state index contributed by atoms with van der Waals surface area (Å²) in [6.07, 6.45) is 6.06. The van der Waals surface area contributed by atoms with Crippen molar-refractivity contribution in [2.24, 2.45) is 5.92 Å². The van der Waals surface area contributed by atoms with Crippen LogP contribution in [0.1, 0.15) is 23.5 Å². The minimum atomic E-state index is -0.721. The van der Waals surface area contributed by atoms with E-state index in [0.29, 0.717) is 6.42 Å². The van der Waals surface area contributed by atoms with Crippen molar-refractivity contribution in [1.82, 2.24) is 0 Å². The number of carboxylic acid groups (broad SMARTS) is 1. The first-order chi connectivity index (χ1) is 6.74. The Balaban J connectivity index is 2.27. The fourth-order valence-electron chi connectivity index (χ4n) is 1.76. The molecule has 2 atom stereocenters. The Kier molecular flexibility index (Phi) is 2.01. The van der Waals surface area contributed by atoms with E-state index in [4.69, 9.17) is 11.5 Å². The lowest BCUT2D eigenvalue weighted by Gasteiger charge is -2.01. The van der Waals surface area contributed by atoms with Crippen LogP contribution >= 0.6 is 0 Å². The van der Waals surface area contributed by atoms with E-state index in [1.165, 1.54) is 0 Å². The van der Waals surface area contributed by atoms with Crippen LogP contribution < -0.4 is 0 Å². The monoisotopic (exact) mass is 186 g/mol. The van der Waals surface area contributed by atoms with E-state index >= 15 is 0 Å². The van der Waals surface area contributed by atoms with Crippen molar-refractivity contribution in [1.29, 1.82) is 0 Å². The van der Waals surface area contributed by atoms with Gasteiger partial charge in [-0.25, -0.2) is 0 Å². The summed E-state index contributed by atoms with van der Waals surface area (Å²) < 4.78 is 0. The highest BCUT2D eigenvalue weighted by Crippen LogP contribution is 2.48. The van der Waals surface area contributed by atoms with Gasteiger partial charge in [-0.05, 0) is 24.0 Å². The first-order valence-electron chi connectivity index (χ1n) is 4.52. The second kappa shape index (κ2) is 3.19. The fraction of sp³-hybridized carbons (Fsp3) is 0.250. The molecule has 2 heteroatoms. The zero-order valence-corrected chi connectivity index (χ0v) is 7.60. The Morgan fingerprint density at radius 1 is 1.50 bits per heavy atom. The number of rotatable bonds is 2. The van der Waals surface area contributed by atoms with Crippen molar-refractivity contribution in [3.8, 4) is 12.3 Å². The molecular weight excluding hydrogens is 176 g/mol. The number of hydrogen-bond acceptors (Lipinski definition) is 1. The maximum Gasteiger partial charge on any atom is 0.307 e. The van der Waals surface area contributed by atoms with Crippen molar-refractivity contribution in [3.63, 3.8) is 0 Å². The molecule has 2 rings (SSSR count). The molecule has 2 unspecified atom stereocenters. The SMILES string of the molecule is C#Cc1ccccc1C1CC1C(=O)O. The molecule has 2 nitrogen and oxygen atoms in total. The van der Waals surface area contributed by atoms with Gasteiger partial charge in [0, 0.05) is 5.56 Å². The number of aliphatic carboxylic acids is 1. The fourth-order valence-corrected chi connectivity index (χ4v) is 1.76. The molecule has 1 fully saturated rings. The third-order valence-electron chi connectivity index (χ3n) is 2.62. The molecule has 1 aliphatic carbocycles. The molecule has 1 saturated carbocycles. The number of terminal acetylenes is 1. The number of carbonyl (C=O) groups is 1. The molecule has 0 heterocycles. The maximum atomic E-state index is 10.7. The van der Waals surface area contributed by atoms with Gasteiger partial charge in [0.15, 0.2) is 0 Å². The summed E-state index contributed by atoms with van der Waals surface area (Å²) in [5.74, 6) is 1.76. The van der Waals surface area contributed by atoms with E-state index < -0.39 is 5.97 Å². The molecule has 0 aromatic heterocycles. The number of benzene rings is 1. The van der Waals surface area contributed by atoms with Crippen LogP contribution in [0.3, 0.4) is 0 Å². The molecule has 0 aliphatic heterocycles. The molecule has 1 aromatic rings. The van der Waals surface area contributed by atoms with E-state index in [0.717, 1.165) is 11.1 Å². The Morgan fingerprint density at radius 2 is 2.21 bits per heavy atom. The molecule has 14 heavy (non-hydrogen) atoms. The lowest BCUT2D eigenvalue weighted by molar-refractivity contribution is -0.138. The van der Waals surface area contributed by atoms with Crippen LogP contribution in [-0.2, 0) is 4.79 Å². The van der Waals surface area contributed by atoms with Gasteiger partial charge >= 0.3 is 5.97 Å². The third kappa shape index (κ3) is 1.38. The normalized spacial score (nSPS) is 23.9. The summed E-state index contributed by atoms with van der Waals surface area (Å²) in [6, 6.07) is 7.54. The molecule has 0 radical (unpaired) electrons. The summed E-state index contributed by atoms with van der Waals surface area (Å²) in [4.78, 5) is 10.7. The Hall–Kier alpha value is -1.75. The summed E-state index contributed by atoms with van der Waals surface area (Å²) in [5, 5.41) is 8.80. The molecule has 0 bridgehead atoms. The molecule has 0 saturated heterocycles. The summed E-state index contributed by atoms with van der Waals surface area (Å²) in [7, 11) is 0. The van der Waals surface area contributed by atoms with Crippen LogP contribution in [-0.4, -0.2) is 11.1 Å². The third-order valence-corrected chi connectivity index (χ3v) is 2.62. The smallest absolute Gasteiger partial charge is 0.307 e. The van der Waals surface area contributed by atoms with Gasteiger partial charge in [0.05, 0.1) is 5.92 Å². The quantitative estimate of drug-likeness (QED) is 0.716. The van der Waals surface area contributed by atoms with Gasteiger partial charge in [0.1, 0.15) is 0 Å². The summed E-state index contributed by atoms with van der Waals surface area (Å²) in [5.41, 5.74) is 1.82. The zero-order valence-electron chi connectivity index (χ0n) is 7.60. The van der Waals surface area contributed by atoms with Crippen molar-refractivity contribution in [3.05, 3.63) is 35.4 Å². The van der Waals surface area contributed by atoms with Crippen LogP contribution in [0.25, 0.3) is 0 Å². The number of hydrogen-bond donors (Lipinski definition) is 1. The van der Waals surface area contributed by atoms with Gasteiger partial charge in [0.2, 0.25) is 0 Å². The zero-order chi connectivity index (χ0) is 10.1. The minimum absolute atomic E-state index is 0.125.